The molecule has 5 rings (SSSR count). The fraction of sp³-hybridized carbons (Fsp3) is 0.207. The van der Waals surface area contributed by atoms with Gasteiger partial charge >= 0.3 is 5.97 Å². The molecule has 1 fully saturated rings. The number of aromatic hydroxyl groups is 1. The van der Waals surface area contributed by atoms with Crippen LogP contribution in [0.2, 0.25) is 0 Å². The van der Waals surface area contributed by atoms with E-state index in [4.69, 9.17) is 9.83 Å². The van der Waals surface area contributed by atoms with Crippen molar-refractivity contribution in [1.29, 1.82) is 0 Å². The molecule has 212 valence electrons. The molecular formula is C29H28N4O7S. The van der Waals surface area contributed by atoms with Crippen molar-refractivity contribution in [3.05, 3.63) is 95.1 Å². The Morgan fingerprint density at radius 2 is 1.63 bits per heavy atom. The molecule has 0 atom stereocenters. The minimum Gasteiger partial charge on any atom is -0.494 e. The molecular weight excluding hydrogens is 548 g/mol. The molecule has 2 heterocycles. The lowest BCUT2D eigenvalue weighted by atomic mass is 10.00. The number of H-pyrrole nitrogens is 1. The Bertz CT molecular complexity index is 1700. The van der Waals surface area contributed by atoms with Gasteiger partial charge in [0.05, 0.1) is 40.6 Å². The van der Waals surface area contributed by atoms with Crippen molar-refractivity contribution >= 4 is 44.0 Å². The molecule has 12 heteroatoms. The number of nitrogens with zero attached hydrogens (tertiary/aromatic N) is 2. The summed E-state index contributed by atoms with van der Waals surface area (Å²) in [6, 6.07) is 20.3. The molecule has 0 aliphatic carbocycles. The molecule has 1 aliphatic rings. The van der Waals surface area contributed by atoms with Gasteiger partial charge in [-0.2, -0.15) is 0 Å². The summed E-state index contributed by atoms with van der Waals surface area (Å²) in [6.45, 7) is 1.62. The van der Waals surface area contributed by atoms with Crippen molar-refractivity contribution < 1.29 is 33.1 Å². The number of rotatable bonds is 9. The van der Waals surface area contributed by atoms with Gasteiger partial charge < -0.3 is 15.2 Å². The number of benzene rings is 3. The van der Waals surface area contributed by atoms with E-state index in [2.05, 4.69) is 10.5 Å². The topological polar surface area (TPSA) is 161 Å². The minimum atomic E-state index is -2.95. The van der Waals surface area contributed by atoms with E-state index in [9.17, 15) is 28.2 Å². The number of hydroxylamine groups is 1. The summed E-state index contributed by atoms with van der Waals surface area (Å²) in [7, 11) is -2.95. The molecule has 0 unspecified atom stereocenters. The summed E-state index contributed by atoms with van der Waals surface area (Å²) in [6.07, 6.45) is 0. The maximum atomic E-state index is 12.5. The van der Waals surface area contributed by atoms with Crippen molar-refractivity contribution in [2.75, 3.05) is 37.7 Å². The highest BCUT2D eigenvalue weighted by molar-refractivity contribution is 7.91. The zero-order chi connectivity index (χ0) is 29.0. The van der Waals surface area contributed by atoms with Gasteiger partial charge in [0, 0.05) is 41.7 Å². The summed E-state index contributed by atoms with van der Waals surface area (Å²) >= 11 is 0. The van der Waals surface area contributed by atoms with E-state index in [-0.39, 0.29) is 29.6 Å². The van der Waals surface area contributed by atoms with Gasteiger partial charge in [0.1, 0.15) is 0 Å². The standard InChI is InChI=1S/C29H28N4O7S/c34-27(32-40-15-12-33-13-16-41(38,39)17-14-33)20-6-9-22(10-7-20)30-26(19-4-2-1-3-5-19)25-23-11-8-21(29(36)37)18-24(23)31-28(25)35/h1-11,18,31,35H,12-17H2,(H,32,34)(H,36,37). The van der Waals surface area contributed by atoms with E-state index in [1.165, 1.54) is 12.1 Å². The summed E-state index contributed by atoms with van der Waals surface area (Å²) < 4.78 is 23.1. The molecule has 0 bridgehead atoms. The van der Waals surface area contributed by atoms with Crippen molar-refractivity contribution in [1.82, 2.24) is 15.4 Å². The SMILES string of the molecule is O=C(O)c1ccc2c(C(=Nc3ccc(C(=O)NOCCN4CCS(=O)(=O)CC4)cc3)c3ccccc3)c(O)[nH]c2c1. The number of fused-ring (bicyclic) bond motifs is 1. The molecule has 4 N–H and O–H groups in total. The Labute approximate surface area is 236 Å². The quantitative estimate of drug-likeness (QED) is 0.134. The fourth-order valence-electron chi connectivity index (χ4n) is 4.56. The number of hydrogen-bond donors (Lipinski definition) is 4. The van der Waals surface area contributed by atoms with Crippen LogP contribution in [0.5, 0.6) is 5.88 Å². The van der Waals surface area contributed by atoms with Gasteiger partial charge in [-0.15, -0.1) is 0 Å². The van der Waals surface area contributed by atoms with E-state index >= 15 is 0 Å². The lowest BCUT2D eigenvalue weighted by Crippen LogP contribution is -2.42. The first-order chi connectivity index (χ1) is 19.7. The number of aromatic nitrogens is 1. The first kappa shape index (κ1) is 28.0. The van der Waals surface area contributed by atoms with Crippen LogP contribution in [0.25, 0.3) is 10.9 Å². The zero-order valence-corrected chi connectivity index (χ0v) is 22.7. The highest BCUT2D eigenvalue weighted by Crippen LogP contribution is 2.32. The second kappa shape index (κ2) is 11.9. The van der Waals surface area contributed by atoms with Gasteiger partial charge in [0.2, 0.25) is 0 Å². The Kier molecular flexibility index (Phi) is 8.15. The predicted octanol–water partition coefficient (Wildman–Crippen LogP) is 3.13. The van der Waals surface area contributed by atoms with Crippen LogP contribution in [0.4, 0.5) is 5.69 Å². The molecule has 0 spiro atoms. The van der Waals surface area contributed by atoms with Crippen LogP contribution < -0.4 is 5.48 Å². The van der Waals surface area contributed by atoms with Crippen molar-refractivity contribution in [2.24, 2.45) is 4.99 Å². The average molecular weight is 577 g/mol. The Morgan fingerprint density at radius 3 is 2.32 bits per heavy atom. The Balaban J connectivity index is 1.32. The molecule has 0 saturated carbocycles. The number of hydrogen-bond acceptors (Lipinski definition) is 8. The summed E-state index contributed by atoms with van der Waals surface area (Å²) in [5.41, 5.74) is 5.44. The second-order valence-corrected chi connectivity index (χ2v) is 11.9. The largest absolute Gasteiger partial charge is 0.494 e. The van der Waals surface area contributed by atoms with Crippen LogP contribution in [0.1, 0.15) is 31.8 Å². The second-order valence-electron chi connectivity index (χ2n) is 9.56. The highest BCUT2D eigenvalue weighted by Gasteiger charge is 2.22. The van der Waals surface area contributed by atoms with E-state index < -0.39 is 21.7 Å². The van der Waals surface area contributed by atoms with Crippen LogP contribution in [-0.4, -0.2) is 83.8 Å². The van der Waals surface area contributed by atoms with Crippen molar-refractivity contribution in [2.45, 2.75) is 0 Å². The molecule has 3 aromatic carbocycles. The lowest BCUT2D eigenvalue weighted by Gasteiger charge is -2.26. The van der Waals surface area contributed by atoms with E-state index in [1.807, 2.05) is 35.2 Å². The molecule has 4 aromatic rings. The molecule has 1 aromatic heterocycles. The number of sulfone groups is 1. The van der Waals surface area contributed by atoms with Crippen molar-refractivity contribution in [3.8, 4) is 5.88 Å². The average Bonchev–Trinajstić information content (AvgIpc) is 3.30. The maximum absolute atomic E-state index is 12.5. The summed E-state index contributed by atoms with van der Waals surface area (Å²) in [5.74, 6) is -1.40. The summed E-state index contributed by atoms with van der Waals surface area (Å²) in [4.78, 5) is 38.9. The maximum Gasteiger partial charge on any atom is 0.335 e. The number of nitrogens with one attached hydrogen (secondary N) is 2. The number of aliphatic imine (C=N–C) groups is 1. The number of aromatic carboxylic acids is 1. The minimum absolute atomic E-state index is 0.0864. The first-order valence-corrected chi connectivity index (χ1v) is 14.7. The molecule has 1 amide bonds. The van der Waals surface area contributed by atoms with Crippen molar-refractivity contribution in [3.63, 3.8) is 0 Å². The number of carboxylic acids is 1. The Hall–Kier alpha value is -4.52. The van der Waals surface area contributed by atoms with E-state index in [0.717, 1.165) is 5.56 Å². The van der Waals surface area contributed by atoms with Crippen LogP contribution in [0, 0.1) is 0 Å². The number of carboxylic acid groups (broad SMARTS) is 1. The molecule has 1 aliphatic heterocycles. The first-order valence-electron chi connectivity index (χ1n) is 12.9. The number of amides is 1. The normalized spacial score (nSPS) is 15.6. The smallest absolute Gasteiger partial charge is 0.335 e. The van der Waals surface area contributed by atoms with Gasteiger partial charge in [-0.25, -0.2) is 23.7 Å². The molecule has 1 saturated heterocycles. The van der Waals surface area contributed by atoms with Gasteiger partial charge in [-0.1, -0.05) is 36.4 Å². The monoisotopic (exact) mass is 576 g/mol. The van der Waals surface area contributed by atoms with E-state index in [1.54, 1.807) is 30.3 Å². The molecule has 41 heavy (non-hydrogen) atoms. The van der Waals surface area contributed by atoms with Crippen LogP contribution in [-0.2, 0) is 14.7 Å². The van der Waals surface area contributed by atoms with Crippen LogP contribution in [0.3, 0.4) is 0 Å². The highest BCUT2D eigenvalue weighted by atomic mass is 32.2. The third kappa shape index (κ3) is 6.62. The molecule has 0 radical (unpaired) electrons. The third-order valence-corrected chi connectivity index (χ3v) is 8.40. The summed E-state index contributed by atoms with van der Waals surface area (Å²) in [5, 5.41) is 20.8. The molecule has 11 nitrogen and oxygen atoms in total. The van der Waals surface area contributed by atoms with Gasteiger partial charge in [-0.3, -0.25) is 14.5 Å². The van der Waals surface area contributed by atoms with Gasteiger partial charge in [0.15, 0.2) is 15.7 Å². The number of carbonyl (C=O) groups is 2. The number of carbonyl (C=O) groups excluding carboxylic acids is 1. The van der Waals surface area contributed by atoms with Crippen LogP contribution >= 0.6 is 0 Å². The number of aromatic amines is 1. The van der Waals surface area contributed by atoms with Crippen LogP contribution in [0.15, 0.2) is 77.8 Å². The third-order valence-electron chi connectivity index (χ3n) is 6.79. The van der Waals surface area contributed by atoms with Gasteiger partial charge in [0.25, 0.3) is 5.91 Å². The predicted molar refractivity (Wildman–Crippen MR) is 154 cm³/mol. The lowest BCUT2D eigenvalue weighted by molar-refractivity contribution is 0.0231. The Morgan fingerprint density at radius 1 is 0.951 bits per heavy atom. The zero-order valence-electron chi connectivity index (χ0n) is 21.9. The van der Waals surface area contributed by atoms with Gasteiger partial charge in [-0.05, 0) is 36.4 Å². The van der Waals surface area contributed by atoms with E-state index in [0.29, 0.717) is 53.1 Å². The fourth-order valence-corrected chi connectivity index (χ4v) is 5.83.